The monoisotopic (exact) mass is 1070 g/mol. The molecular formula is C62H105NO13. The van der Waals surface area contributed by atoms with Crippen molar-refractivity contribution in [2.75, 3.05) is 19.8 Å². The third-order valence-electron chi connectivity index (χ3n) is 13.7. The molecule has 0 aromatic heterocycles. The zero-order valence-electron chi connectivity index (χ0n) is 46.7. The van der Waals surface area contributed by atoms with Crippen molar-refractivity contribution < 1.29 is 64.6 Å². The number of amides is 1. The minimum Gasteiger partial charge on any atom is -0.394 e. The van der Waals surface area contributed by atoms with E-state index in [0.717, 1.165) is 77.0 Å². The molecule has 76 heavy (non-hydrogen) atoms. The van der Waals surface area contributed by atoms with Gasteiger partial charge in [0.15, 0.2) is 12.6 Å². The number of ether oxygens (including phenoxy) is 4. The average Bonchev–Trinajstić information content (AvgIpc) is 3.42. The predicted octanol–water partition coefficient (Wildman–Crippen LogP) is 9.89. The molecule has 2 fully saturated rings. The molecule has 9 N–H and O–H groups in total. The molecule has 0 aliphatic carbocycles. The van der Waals surface area contributed by atoms with Gasteiger partial charge in [0.2, 0.25) is 5.91 Å². The molecule has 2 rings (SSSR count). The summed E-state index contributed by atoms with van der Waals surface area (Å²) in [5, 5.41) is 87.0. The third-order valence-corrected chi connectivity index (χ3v) is 13.7. The van der Waals surface area contributed by atoms with E-state index in [1.165, 1.54) is 83.5 Å². The fraction of sp³-hybridized carbons (Fsp3) is 0.726. The maximum absolute atomic E-state index is 13.2. The van der Waals surface area contributed by atoms with Gasteiger partial charge >= 0.3 is 0 Å². The van der Waals surface area contributed by atoms with E-state index >= 15 is 0 Å². The maximum Gasteiger partial charge on any atom is 0.220 e. The second-order valence-corrected chi connectivity index (χ2v) is 20.4. The van der Waals surface area contributed by atoms with Crippen LogP contribution in [0.2, 0.25) is 0 Å². The summed E-state index contributed by atoms with van der Waals surface area (Å²) in [5.74, 6) is -0.288. The maximum atomic E-state index is 13.2. The molecule has 2 aliphatic heterocycles. The van der Waals surface area contributed by atoms with E-state index in [4.69, 9.17) is 18.9 Å². The van der Waals surface area contributed by atoms with Crippen molar-refractivity contribution in [2.45, 2.75) is 267 Å². The van der Waals surface area contributed by atoms with Gasteiger partial charge in [0.05, 0.1) is 32.0 Å². The fourth-order valence-corrected chi connectivity index (χ4v) is 9.00. The van der Waals surface area contributed by atoms with Gasteiger partial charge in [-0.2, -0.15) is 0 Å². The highest BCUT2D eigenvalue weighted by molar-refractivity contribution is 5.76. The quantitative estimate of drug-likeness (QED) is 0.0205. The predicted molar refractivity (Wildman–Crippen MR) is 304 cm³/mol. The summed E-state index contributed by atoms with van der Waals surface area (Å²) in [4.78, 5) is 13.2. The Morgan fingerprint density at radius 3 is 1.45 bits per heavy atom. The van der Waals surface area contributed by atoms with Crippen LogP contribution in [0, 0.1) is 0 Å². The van der Waals surface area contributed by atoms with Crippen LogP contribution in [0.3, 0.4) is 0 Å². The summed E-state index contributed by atoms with van der Waals surface area (Å²) in [6, 6.07) is -0.962. The summed E-state index contributed by atoms with van der Waals surface area (Å²) in [6.07, 6.45) is 47.3. The molecule has 14 heteroatoms. The molecule has 0 aromatic carbocycles. The topological polar surface area (TPSA) is 228 Å². The van der Waals surface area contributed by atoms with Crippen molar-refractivity contribution in [3.63, 3.8) is 0 Å². The zero-order valence-corrected chi connectivity index (χ0v) is 46.7. The van der Waals surface area contributed by atoms with Gasteiger partial charge in [-0.05, 0) is 89.9 Å². The third kappa shape index (κ3) is 32.1. The Labute approximate surface area is 458 Å². The van der Waals surface area contributed by atoms with Gasteiger partial charge in [-0.15, -0.1) is 0 Å². The first kappa shape index (κ1) is 69.0. The van der Waals surface area contributed by atoms with Crippen LogP contribution < -0.4 is 5.32 Å². The van der Waals surface area contributed by atoms with Gasteiger partial charge < -0.3 is 65.1 Å². The molecule has 2 aliphatic rings. The Morgan fingerprint density at radius 1 is 0.487 bits per heavy atom. The van der Waals surface area contributed by atoms with E-state index in [9.17, 15) is 45.6 Å². The summed E-state index contributed by atoms with van der Waals surface area (Å²) in [7, 11) is 0. The van der Waals surface area contributed by atoms with E-state index in [2.05, 4.69) is 104 Å². The first-order valence-electron chi connectivity index (χ1n) is 29.5. The number of allylic oxidation sites excluding steroid dienone is 15. The molecule has 0 radical (unpaired) electrons. The highest BCUT2D eigenvalue weighted by atomic mass is 16.7. The zero-order chi connectivity index (χ0) is 55.3. The fourth-order valence-electron chi connectivity index (χ4n) is 9.00. The van der Waals surface area contributed by atoms with Crippen LogP contribution in [-0.4, -0.2) is 140 Å². The summed E-state index contributed by atoms with van der Waals surface area (Å²) < 4.78 is 22.7. The normalized spacial score (nSPS) is 25.6. The van der Waals surface area contributed by atoms with Crippen molar-refractivity contribution in [2.24, 2.45) is 0 Å². The smallest absolute Gasteiger partial charge is 0.220 e. The van der Waals surface area contributed by atoms with Crippen LogP contribution in [0.1, 0.15) is 194 Å². The molecule has 0 aromatic rings. The molecule has 12 unspecified atom stereocenters. The van der Waals surface area contributed by atoms with Gasteiger partial charge in [0, 0.05) is 6.42 Å². The van der Waals surface area contributed by atoms with Crippen LogP contribution in [-0.2, 0) is 23.7 Å². The van der Waals surface area contributed by atoms with Crippen LogP contribution in [0.5, 0.6) is 0 Å². The highest BCUT2D eigenvalue weighted by Crippen LogP contribution is 2.30. The first-order chi connectivity index (χ1) is 37.1. The van der Waals surface area contributed by atoms with E-state index in [1.54, 1.807) is 6.08 Å². The molecular weight excluding hydrogens is 967 g/mol. The van der Waals surface area contributed by atoms with Crippen molar-refractivity contribution >= 4 is 5.91 Å². The molecule has 2 heterocycles. The Hall–Kier alpha value is -3.09. The lowest BCUT2D eigenvalue weighted by Crippen LogP contribution is -2.65. The Bertz CT molecular complexity index is 1640. The average molecular weight is 1070 g/mol. The SMILES string of the molecule is CC/C=C\C/C=C\C/C=C\C/C=C\C/C=C\CCCCCC(=O)NC(COC1OC(CO)C(OC2OC(CO)C(O)C(O)C2O)C(O)C1O)C(O)/C=C/CC/C=C/CC/C=C/CCCCCCCCCCCCCCC. The van der Waals surface area contributed by atoms with Gasteiger partial charge in [-0.1, -0.05) is 195 Å². The highest BCUT2D eigenvalue weighted by Gasteiger charge is 2.51. The van der Waals surface area contributed by atoms with E-state index in [0.29, 0.717) is 12.8 Å². The van der Waals surface area contributed by atoms with E-state index in [-0.39, 0.29) is 18.9 Å². The Morgan fingerprint density at radius 2 is 0.921 bits per heavy atom. The minimum atomic E-state index is -1.80. The summed E-state index contributed by atoms with van der Waals surface area (Å²) in [6.45, 7) is 2.62. The lowest BCUT2D eigenvalue weighted by atomic mass is 9.97. The van der Waals surface area contributed by atoms with Gasteiger partial charge in [0.1, 0.15) is 48.8 Å². The molecule has 2 saturated heterocycles. The van der Waals surface area contributed by atoms with Gasteiger partial charge in [-0.25, -0.2) is 0 Å². The number of hydrogen-bond donors (Lipinski definition) is 9. The van der Waals surface area contributed by atoms with E-state index in [1.807, 2.05) is 6.08 Å². The van der Waals surface area contributed by atoms with Crippen molar-refractivity contribution in [1.82, 2.24) is 5.32 Å². The van der Waals surface area contributed by atoms with Crippen LogP contribution in [0.4, 0.5) is 0 Å². The molecule has 0 bridgehead atoms. The number of nitrogens with one attached hydrogen (secondary N) is 1. The number of rotatable bonds is 45. The molecule has 0 saturated carbocycles. The van der Waals surface area contributed by atoms with Crippen LogP contribution in [0.15, 0.2) is 97.2 Å². The second-order valence-electron chi connectivity index (χ2n) is 20.4. The lowest BCUT2D eigenvalue weighted by molar-refractivity contribution is -0.359. The van der Waals surface area contributed by atoms with Gasteiger partial charge in [0.25, 0.3) is 0 Å². The second kappa shape index (κ2) is 46.8. The Balaban J connectivity index is 1.83. The molecule has 0 spiro atoms. The lowest BCUT2D eigenvalue weighted by Gasteiger charge is -2.46. The largest absolute Gasteiger partial charge is 0.394 e. The molecule has 12 atom stereocenters. The number of carbonyl (C=O) groups is 1. The number of aliphatic hydroxyl groups is 8. The summed E-state index contributed by atoms with van der Waals surface area (Å²) in [5.41, 5.74) is 0. The first-order valence-corrected chi connectivity index (χ1v) is 29.5. The van der Waals surface area contributed by atoms with Crippen molar-refractivity contribution in [3.05, 3.63) is 97.2 Å². The molecule has 436 valence electrons. The van der Waals surface area contributed by atoms with Crippen LogP contribution >= 0.6 is 0 Å². The minimum absolute atomic E-state index is 0.225. The van der Waals surface area contributed by atoms with Crippen molar-refractivity contribution in [3.8, 4) is 0 Å². The Kier molecular flexibility index (Phi) is 42.5. The van der Waals surface area contributed by atoms with E-state index < -0.39 is 86.8 Å². The van der Waals surface area contributed by atoms with Gasteiger partial charge in [-0.3, -0.25) is 4.79 Å². The molecule has 1 amide bonds. The number of unbranched alkanes of at least 4 members (excludes halogenated alkanes) is 18. The standard InChI is InChI=1S/C62H105NO13/c1-3-5-7-9-11-13-15-17-19-21-23-24-25-26-28-29-31-33-35-37-39-41-43-45-51(66)50(63-54(67)46-44-42-40-38-36-34-32-30-27-22-20-18-16-14-12-10-8-6-4-2)49-73-61-59(72)57(70)60(53(48-65)75-61)76-62-58(71)56(69)55(68)52(47-64)74-62/h6,8,12,14,18,20,27-30,34-37,43,45,50-53,55-62,64-66,68-72H,3-5,7,9-11,13,15-17,19,21-26,31-33,38-42,44,46-49H2,1-2H3,(H,63,67)/b8-6-,14-12-,20-18-,29-28+,30-27-,36-34-,37-35+,45-43+. The number of carbonyl (C=O) groups excluding carboxylic acids is 1. The summed E-state index contributed by atoms with van der Waals surface area (Å²) >= 11 is 0. The number of aliphatic hydroxyl groups excluding tert-OH is 8. The number of hydrogen-bond acceptors (Lipinski definition) is 13. The van der Waals surface area contributed by atoms with Crippen molar-refractivity contribution in [1.29, 1.82) is 0 Å². The molecule has 14 nitrogen and oxygen atoms in total. The van der Waals surface area contributed by atoms with Crippen LogP contribution in [0.25, 0.3) is 0 Å².